The lowest BCUT2D eigenvalue weighted by Crippen LogP contribution is -2.59. The molecule has 2 aliphatic carbocycles. The van der Waals surface area contributed by atoms with Gasteiger partial charge in [0.1, 0.15) is 6.54 Å². The Labute approximate surface area is 118 Å². The van der Waals surface area contributed by atoms with Crippen LogP contribution in [-0.4, -0.2) is 64.8 Å². The third kappa shape index (κ3) is 2.75. The lowest BCUT2D eigenvalue weighted by atomic mass is 9.90. The number of rotatable bonds is 3. The third-order valence-electron chi connectivity index (χ3n) is 4.52. The van der Waals surface area contributed by atoms with Crippen LogP contribution in [0.1, 0.15) is 38.5 Å². The van der Waals surface area contributed by atoms with Crippen LogP contribution >= 0.6 is 0 Å². The van der Waals surface area contributed by atoms with E-state index in [4.69, 9.17) is 9.84 Å². The number of carboxylic acid groups (broad SMARTS) is 1. The Kier molecular flexibility index (Phi) is 3.83. The van der Waals surface area contributed by atoms with Gasteiger partial charge in [0.15, 0.2) is 0 Å². The maximum absolute atomic E-state index is 12.7. The van der Waals surface area contributed by atoms with Gasteiger partial charge < -0.3 is 19.6 Å². The van der Waals surface area contributed by atoms with Crippen molar-refractivity contribution in [3.63, 3.8) is 0 Å². The molecule has 0 radical (unpaired) electrons. The van der Waals surface area contributed by atoms with Crippen LogP contribution in [0.2, 0.25) is 0 Å². The number of carboxylic acids is 1. The summed E-state index contributed by atoms with van der Waals surface area (Å²) in [5.74, 6) is -0.932. The first-order valence-electron chi connectivity index (χ1n) is 7.57. The van der Waals surface area contributed by atoms with Gasteiger partial charge in [-0.25, -0.2) is 4.79 Å². The summed E-state index contributed by atoms with van der Waals surface area (Å²) in [7, 11) is 0. The molecule has 0 bridgehead atoms. The van der Waals surface area contributed by atoms with E-state index in [1.165, 1.54) is 0 Å². The fraction of sp³-hybridized carbons (Fsp3) is 0.857. The summed E-state index contributed by atoms with van der Waals surface area (Å²) in [6.07, 6.45) is 6.27. The normalized spacial score (nSPS) is 29.7. The topological polar surface area (TPSA) is 70.1 Å². The predicted molar refractivity (Wildman–Crippen MR) is 71.5 cm³/mol. The number of urea groups is 1. The maximum Gasteiger partial charge on any atom is 0.323 e. The van der Waals surface area contributed by atoms with E-state index in [0.717, 1.165) is 38.5 Å². The quantitative estimate of drug-likeness (QED) is 0.847. The molecule has 6 heteroatoms. The molecule has 6 nitrogen and oxygen atoms in total. The SMILES string of the molecule is O=C(O)CN(C(=O)N1CCOC2CCCCC21)C1CC1. The van der Waals surface area contributed by atoms with E-state index in [-0.39, 0.29) is 30.8 Å². The number of aliphatic carboxylic acids is 1. The highest BCUT2D eigenvalue weighted by Gasteiger charge is 2.42. The van der Waals surface area contributed by atoms with Crippen molar-refractivity contribution < 1.29 is 19.4 Å². The van der Waals surface area contributed by atoms with Crippen molar-refractivity contribution in [2.75, 3.05) is 19.7 Å². The average molecular weight is 282 g/mol. The summed E-state index contributed by atoms with van der Waals surface area (Å²) in [4.78, 5) is 27.1. The highest BCUT2D eigenvalue weighted by atomic mass is 16.5. The molecule has 2 amide bonds. The smallest absolute Gasteiger partial charge is 0.323 e. The molecular formula is C14H22N2O4. The summed E-state index contributed by atoms with van der Waals surface area (Å²) in [6, 6.07) is 0.165. The molecule has 112 valence electrons. The number of carbonyl (C=O) groups is 2. The first-order valence-corrected chi connectivity index (χ1v) is 7.57. The van der Waals surface area contributed by atoms with Crippen molar-refractivity contribution in [2.45, 2.75) is 56.7 Å². The summed E-state index contributed by atoms with van der Waals surface area (Å²) in [5, 5.41) is 9.00. The minimum atomic E-state index is -0.932. The second-order valence-electron chi connectivity index (χ2n) is 5.99. The van der Waals surface area contributed by atoms with Crippen LogP contribution in [0.4, 0.5) is 4.79 Å². The first-order chi connectivity index (χ1) is 9.66. The van der Waals surface area contributed by atoms with Crippen LogP contribution in [-0.2, 0) is 9.53 Å². The van der Waals surface area contributed by atoms with Gasteiger partial charge in [-0.05, 0) is 25.7 Å². The summed E-state index contributed by atoms with van der Waals surface area (Å²) in [6.45, 7) is 0.972. The number of carbonyl (C=O) groups excluding carboxylic acids is 1. The van der Waals surface area contributed by atoms with Gasteiger partial charge in [-0.3, -0.25) is 4.79 Å². The molecule has 1 heterocycles. The number of ether oxygens (including phenoxy) is 1. The molecule has 0 aromatic carbocycles. The lowest BCUT2D eigenvalue weighted by molar-refractivity contribution is -0.138. The van der Waals surface area contributed by atoms with Gasteiger partial charge >= 0.3 is 12.0 Å². The average Bonchev–Trinajstić information content (AvgIpc) is 3.28. The van der Waals surface area contributed by atoms with E-state index in [2.05, 4.69) is 0 Å². The fourth-order valence-corrected chi connectivity index (χ4v) is 3.38. The highest BCUT2D eigenvalue weighted by molar-refractivity contribution is 5.81. The minimum Gasteiger partial charge on any atom is -0.480 e. The van der Waals surface area contributed by atoms with Gasteiger partial charge in [0.25, 0.3) is 0 Å². The number of hydrogen-bond donors (Lipinski definition) is 1. The van der Waals surface area contributed by atoms with E-state index in [1.807, 2.05) is 4.90 Å². The van der Waals surface area contributed by atoms with Crippen molar-refractivity contribution in [1.82, 2.24) is 9.80 Å². The molecule has 0 aromatic rings. The molecule has 0 aromatic heterocycles. The number of fused-ring (bicyclic) bond motifs is 1. The Morgan fingerprint density at radius 2 is 1.95 bits per heavy atom. The number of hydrogen-bond acceptors (Lipinski definition) is 3. The largest absolute Gasteiger partial charge is 0.480 e. The second kappa shape index (κ2) is 5.60. The first kappa shape index (κ1) is 13.7. The van der Waals surface area contributed by atoms with Crippen LogP contribution in [0.5, 0.6) is 0 Å². The molecule has 0 spiro atoms. The fourth-order valence-electron chi connectivity index (χ4n) is 3.38. The second-order valence-corrected chi connectivity index (χ2v) is 5.99. The molecule has 1 saturated heterocycles. The Morgan fingerprint density at radius 3 is 2.65 bits per heavy atom. The predicted octanol–water partition coefficient (Wildman–Crippen LogP) is 1.30. The van der Waals surface area contributed by atoms with Crippen molar-refractivity contribution in [3.05, 3.63) is 0 Å². The minimum absolute atomic E-state index is 0.102. The van der Waals surface area contributed by atoms with Gasteiger partial charge in [0, 0.05) is 12.6 Å². The molecule has 1 N–H and O–H groups in total. The van der Waals surface area contributed by atoms with Crippen molar-refractivity contribution in [2.24, 2.45) is 0 Å². The monoisotopic (exact) mass is 282 g/mol. The number of nitrogens with zero attached hydrogens (tertiary/aromatic N) is 2. The number of morpholine rings is 1. The Morgan fingerprint density at radius 1 is 1.20 bits per heavy atom. The zero-order valence-corrected chi connectivity index (χ0v) is 11.7. The van der Waals surface area contributed by atoms with Gasteiger partial charge in [-0.1, -0.05) is 12.8 Å². The summed E-state index contributed by atoms with van der Waals surface area (Å²) < 4.78 is 5.77. The third-order valence-corrected chi connectivity index (χ3v) is 4.52. The summed E-state index contributed by atoms with van der Waals surface area (Å²) in [5.41, 5.74) is 0. The molecule has 2 atom stereocenters. The van der Waals surface area contributed by atoms with Crippen molar-refractivity contribution in [3.8, 4) is 0 Å². The molecule has 20 heavy (non-hydrogen) atoms. The van der Waals surface area contributed by atoms with E-state index >= 15 is 0 Å². The van der Waals surface area contributed by atoms with Gasteiger partial charge in [-0.2, -0.15) is 0 Å². The molecule has 3 aliphatic rings. The molecule has 2 saturated carbocycles. The van der Waals surface area contributed by atoms with Crippen LogP contribution in [0.3, 0.4) is 0 Å². The Balaban J connectivity index is 1.71. The molecular weight excluding hydrogens is 260 g/mol. The van der Waals surface area contributed by atoms with E-state index < -0.39 is 5.97 Å². The molecule has 3 fully saturated rings. The van der Waals surface area contributed by atoms with Crippen LogP contribution in [0.15, 0.2) is 0 Å². The zero-order chi connectivity index (χ0) is 14.1. The zero-order valence-electron chi connectivity index (χ0n) is 11.7. The van der Waals surface area contributed by atoms with Crippen molar-refractivity contribution in [1.29, 1.82) is 0 Å². The van der Waals surface area contributed by atoms with E-state index in [9.17, 15) is 9.59 Å². The van der Waals surface area contributed by atoms with Crippen LogP contribution in [0.25, 0.3) is 0 Å². The molecule has 3 rings (SSSR count). The Hall–Kier alpha value is -1.30. The van der Waals surface area contributed by atoms with Crippen LogP contribution in [0, 0.1) is 0 Å². The van der Waals surface area contributed by atoms with Gasteiger partial charge in [0.2, 0.25) is 0 Å². The Bertz CT molecular complexity index is 395. The van der Waals surface area contributed by atoms with Gasteiger partial charge in [0.05, 0.1) is 18.8 Å². The standard InChI is InChI=1S/C14H22N2O4/c17-13(18)9-16(10-5-6-10)14(19)15-7-8-20-12-4-2-1-3-11(12)15/h10-12H,1-9H2,(H,17,18). The van der Waals surface area contributed by atoms with E-state index in [1.54, 1.807) is 4.90 Å². The number of amides is 2. The maximum atomic E-state index is 12.7. The molecule has 1 aliphatic heterocycles. The summed E-state index contributed by atoms with van der Waals surface area (Å²) >= 11 is 0. The lowest BCUT2D eigenvalue weighted by Gasteiger charge is -2.45. The van der Waals surface area contributed by atoms with Crippen LogP contribution < -0.4 is 0 Å². The molecule has 2 unspecified atom stereocenters. The van der Waals surface area contributed by atoms with Crippen molar-refractivity contribution >= 4 is 12.0 Å². The highest BCUT2D eigenvalue weighted by Crippen LogP contribution is 2.32. The van der Waals surface area contributed by atoms with E-state index in [0.29, 0.717) is 13.2 Å². The van der Waals surface area contributed by atoms with Gasteiger partial charge in [-0.15, -0.1) is 0 Å².